The van der Waals surface area contributed by atoms with Gasteiger partial charge in [-0.3, -0.25) is 0 Å². The van der Waals surface area contributed by atoms with Crippen LogP contribution >= 0.6 is 0 Å². The van der Waals surface area contributed by atoms with Gasteiger partial charge in [0.05, 0.1) is 0 Å². The summed E-state index contributed by atoms with van der Waals surface area (Å²) in [7, 11) is 0. The number of aromatic hydroxyl groups is 4. The van der Waals surface area contributed by atoms with Gasteiger partial charge in [0, 0.05) is 18.9 Å². The molecular weight excluding hydrogens is 340 g/mol. The largest absolute Gasteiger partial charge is 0.508 e. The molecule has 3 aromatic rings. The van der Waals surface area contributed by atoms with Crippen LogP contribution in [0.1, 0.15) is 38.9 Å². The molecule has 4 N–H and O–H groups in total. The third-order valence-corrected chi connectivity index (χ3v) is 4.88. The average Bonchev–Trinajstić information content (AvgIpc) is 2.60. The van der Waals surface area contributed by atoms with Gasteiger partial charge >= 0.3 is 0 Å². The first kappa shape index (κ1) is 18.6. The maximum absolute atomic E-state index is 10.3. The molecular formula is C23H24O4. The van der Waals surface area contributed by atoms with Crippen LogP contribution in [0, 0.1) is 20.8 Å². The summed E-state index contributed by atoms with van der Waals surface area (Å²) in [4.78, 5) is 0. The molecule has 0 atom stereocenters. The fourth-order valence-corrected chi connectivity index (χ4v) is 3.37. The molecule has 4 heteroatoms. The van der Waals surface area contributed by atoms with Crippen molar-refractivity contribution in [2.24, 2.45) is 0 Å². The normalized spacial score (nSPS) is 10.9. The van der Waals surface area contributed by atoms with E-state index in [0.29, 0.717) is 24.0 Å². The summed E-state index contributed by atoms with van der Waals surface area (Å²) in [6.07, 6.45) is 0.990. The van der Waals surface area contributed by atoms with E-state index in [0.717, 1.165) is 27.8 Å². The van der Waals surface area contributed by atoms with Crippen LogP contribution in [-0.4, -0.2) is 20.4 Å². The minimum Gasteiger partial charge on any atom is -0.508 e. The zero-order valence-corrected chi connectivity index (χ0v) is 15.7. The van der Waals surface area contributed by atoms with Gasteiger partial charge in [-0.2, -0.15) is 0 Å². The quantitative estimate of drug-likeness (QED) is 0.545. The van der Waals surface area contributed by atoms with E-state index in [1.807, 2.05) is 51.1 Å². The van der Waals surface area contributed by atoms with Crippen molar-refractivity contribution in [3.8, 4) is 23.0 Å². The Bertz CT molecular complexity index is 982. The Morgan fingerprint density at radius 3 is 1.63 bits per heavy atom. The molecule has 0 radical (unpaired) electrons. The molecule has 0 aliphatic heterocycles. The lowest BCUT2D eigenvalue weighted by atomic mass is 9.95. The van der Waals surface area contributed by atoms with Gasteiger partial charge in [0.15, 0.2) is 0 Å². The SMILES string of the molecule is Cc1cc(Cc2cc(Cc3cc(C)c(O)c(C)c3)c(O)cc2O)ccc1O. The number of rotatable bonds is 4. The zero-order chi connectivity index (χ0) is 19.7. The van der Waals surface area contributed by atoms with Crippen molar-refractivity contribution in [3.63, 3.8) is 0 Å². The summed E-state index contributed by atoms with van der Waals surface area (Å²) in [6.45, 7) is 5.53. The summed E-state index contributed by atoms with van der Waals surface area (Å²) >= 11 is 0. The zero-order valence-electron chi connectivity index (χ0n) is 15.7. The van der Waals surface area contributed by atoms with Crippen LogP contribution in [0.4, 0.5) is 0 Å². The van der Waals surface area contributed by atoms with Gasteiger partial charge in [-0.25, -0.2) is 0 Å². The van der Waals surface area contributed by atoms with Crippen molar-refractivity contribution in [2.45, 2.75) is 33.6 Å². The molecule has 0 amide bonds. The highest BCUT2D eigenvalue weighted by atomic mass is 16.3. The van der Waals surface area contributed by atoms with E-state index in [-0.39, 0.29) is 23.0 Å². The van der Waals surface area contributed by atoms with Gasteiger partial charge in [-0.05, 0) is 71.8 Å². The molecule has 0 spiro atoms. The first-order valence-electron chi connectivity index (χ1n) is 8.86. The molecule has 0 aliphatic rings. The monoisotopic (exact) mass is 364 g/mol. The smallest absolute Gasteiger partial charge is 0.122 e. The van der Waals surface area contributed by atoms with Crippen LogP contribution in [0.5, 0.6) is 23.0 Å². The van der Waals surface area contributed by atoms with E-state index in [1.165, 1.54) is 6.07 Å². The number of aryl methyl sites for hydroxylation is 3. The van der Waals surface area contributed by atoms with Crippen LogP contribution in [0.3, 0.4) is 0 Å². The Balaban J connectivity index is 1.93. The van der Waals surface area contributed by atoms with Crippen LogP contribution in [0.15, 0.2) is 42.5 Å². The Morgan fingerprint density at radius 1 is 0.556 bits per heavy atom. The number of phenolic OH excluding ortho intramolecular Hbond substituents is 4. The molecule has 0 unspecified atom stereocenters. The Kier molecular flexibility index (Phi) is 5.00. The molecule has 0 aliphatic carbocycles. The van der Waals surface area contributed by atoms with Gasteiger partial charge < -0.3 is 20.4 Å². The predicted octanol–water partition coefficient (Wildman–Crippen LogP) is 4.62. The van der Waals surface area contributed by atoms with E-state index in [1.54, 1.807) is 6.07 Å². The molecule has 4 nitrogen and oxygen atoms in total. The third kappa shape index (κ3) is 4.00. The molecule has 140 valence electrons. The molecule has 27 heavy (non-hydrogen) atoms. The maximum atomic E-state index is 10.3. The molecule has 3 rings (SSSR count). The molecule has 0 saturated carbocycles. The lowest BCUT2D eigenvalue weighted by Gasteiger charge is -2.13. The van der Waals surface area contributed by atoms with Gasteiger partial charge in [-0.15, -0.1) is 0 Å². The number of hydrogen-bond acceptors (Lipinski definition) is 4. The fourth-order valence-electron chi connectivity index (χ4n) is 3.37. The van der Waals surface area contributed by atoms with Crippen molar-refractivity contribution in [2.75, 3.05) is 0 Å². The topological polar surface area (TPSA) is 80.9 Å². The van der Waals surface area contributed by atoms with Crippen LogP contribution in [-0.2, 0) is 12.8 Å². The molecule has 0 bridgehead atoms. The Labute approximate surface area is 159 Å². The van der Waals surface area contributed by atoms with Gasteiger partial charge in [0.2, 0.25) is 0 Å². The highest BCUT2D eigenvalue weighted by Gasteiger charge is 2.12. The minimum atomic E-state index is 0.0417. The van der Waals surface area contributed by atoms with E-state index in [4.69, 9.17) is 0 Å². The summed E-state index contributed by atoms with van der Waals surface area (Å²) in [5, 5.41) is 40.1. The summed E-state index contributed by atoms with van der Waals surface area (Å²) in [5.41, 5.74) is 5.74. The second kappa shape index (κ2) is 7.23. The fraction of sp³-hybridized carbons (Fsp3) is 0.217. The van der Waals surface area contributed by atoms with Gasteiger partial charge in [-0.1, -0.05) is 24.3 Å². The van der Waals surface area contributed by atoms with Crippen molar-refractivity contribution in [1.82, 2.24) is 0 Å². The van der Waals surface area contributed by atoms with E-state index < -0.39 is 0 Å². The highest BCUT2D eigenvalue weighted by Crippen LogP contribution is 2.32. The Morgan fingerprint density at radius 2 is 1.07 bits per heavy atom. The summed E-state index contributed by atoms with van der Waals surface area (Å²) < 4.78 is 0. The van der Waals surface area contributed by atoms with Crippen molar-refractivity contribution in [3.05, 3.63) is 81.4 Å². The van der Waals surface area contributed by atoms with E-state index in [9.17, 15) is 20.4 Å². The molecule has 0 fully saturated rings. The minimum absolute atomic E-state index is 0.0417. The third-order valence-electron chi connectivity index (χ3n) is 4.88. The maximum Gasteiger partial charge on any atom is 0.122 e. The van der Waals surface area contributed by atoms with Crippen LogP contribution < -0.4 is 0 Å². The predicted molar refractivity (Wildman–Crippen MR) is 106 cm³/mol. The van der Waals surface area contributed by atoms with E-state index >= 15 is 0 Å². The first-order valence-corrected chi connectivity index (χ1v) is 8.86. The van der Waals surface area contributed by atoms with Crippen molar-refractivity contribution in [1.29, 1.82) is 0 Å². The second-order valence-corrected chi connectivity index (χ2v) is 7.16. The number of hydrogen-bond donors (Lipinski definition) is 4. The Hall–Kier alpha value is -3.14. The summed E-state index contributed by atoms with van der Waals surface area (Å²) in [6, 6.07) is 12.3. The van der Waals surface area contributed by atoms with Crippen molar-refractivity contribution < 1.29 is 20.4 Å². The summed E-state index contributed by atoms with van der Waals surface area (Å²) in [5.74, 6) is 0.617. The molecule has 0 heterocycles. The van der Waals surface area contributed by atoms with Crippen LogP contribution in [0.25, 0.3) is 0 Å². The molecule has 3 aromatic carbocycles. The lowest BCUT2D eigenvalue weighted by molar-refractivity contribution is 0.443. The lowest BCUT2D eigenvalue weighted by Crippen LogP contribution is -1.96. The first-order chi connectivity index (χ1) is 12.7. The van der Waals surface area contributed by atoms with Crippen molar-refractivity contribution >= 4 is 0 Å². The van der Waals surface area contributed by atoms with Gasteiger partial charge in [0.25, 0.3) is 0 Å². The average molecular weight is 364 g/mol. The van der Waals surface area contributed by atoms with Crippen LogP contribution in [0.2, 0.25) is 0 Å². The second-order valence-electron chi connectivity index (χ2n) is 7.16. The standard InChI is InChI=1S/C23H24O4/c1-13-6-16(4-5-20(13)24)9-18-11-19(22(26)12-21(18)25)10-17-7-14(2)23(27)15(3)8-17/h4-8,11-12,24-27H,9-10H2,1-3H3. The number of benzene rings is 3. The van der Waals surface area contributed by atoms with Gasteiger partial charge in [0.1, 0.15) is 23.0 Å². The molecule has 0 saturated heterocycles. The number of phenols is 4. The highest BCUT2D eigenvalue weighted by molar-refractivity contribution is 5.50. The molecule has 0 aromatic heterocycles. The van der Waals surface area contributed by atoms with E-state index in [2.05, 4.69) is 0 Å².